The van der Waals surface area contributed by atoms with Crippen LogP contribution in [-0.2, 0) is 0 Å². The molecule has 4 nitrogen and oxygen atoms in total. The number of hydrogen-bond acceptors (Lipinski definition) is 2. The summed E-state index contributed by atoms with van der Waals surface area (Å²) in [5.41, 5.74) is -0.368. The fourth-order valence-electron chi connectivity index (χ4n) is 1.50. The molecule has 18 heavy (non-hydrogen) atoms. The molecular formula is C13H11ClN2O2. The van der Waals surface area contributed by atoms with Crippen LogP contribution in [0.15, 0.2) is 53.5 Å². The average molecular weight is 263 g/mol. The molecule has 1 heterocycles. The summed E-state index contributed by atoms with van der Waals surface area (Å²) in [5, 5.41) is 2.56. The van der Waals surface area contributed by atoms with Crippen molar-refractivity contribution in [1.29, 1.82) is 0 Å². The summed E-state index contributed by atoms with van der Waals surface area (Å²) >= 11 is 6.00. The SMILES string of the molecule is O=C(NC(Cl)c1ccc[nH]c1=O)c1ccccc1. The number of aromatic nitrogens is 1. The Labute approximate surface area is 109 Å². The van der Waals surface area contributed by atoms with Gasteiger partial charge in [0.15, 0.2) is 0 Å². The van der Waals surface area contributed by atoms with E-state index in [1.165, 1.54) is 6.20 Å². The van der Waals surface area contributed by atoms with Gasteiger partial charge in [-0.3, -0.25) is 9.59 Å². The first-order valence-electron chi connectivity index (χ1n) is 5.36. The minimum Gasteiger partial charge on any atom is -0.332 e. The number of aromatic amines is 1. The third kappa shape index (κ3) is 2.78. The highest BCUT2D eigenvalue weighted by atomic mass is 35.5. The molecule has 2 aromatic rings. The first-order valence-corrected chi connectivity index (χ1v) is 5.79. The van der Waals surface area contributed by atoms with Crippen LogP contribution in [0.4, 0.5) is 0 Å². The lowest BCUT2D eigenvalue weighted by Gasteiger charge is -2.11. The maximum atomic E-state index is 11.8. The fraction of sp³-hybridized carbons (Fsp3) is 0.0769. The predicted octanol–water partition coefficient (Wildman–Crippen LogP) is 2.04. The molecule has 0 saturated carbocycles. The van der Waals surface area contributed by atoms with Crippen molar-refractivity contribution < 1.29 is 4.79 Å². The first-order chi connectivity index (χ1) is 8.68. The normalized spacial score (nSPS) is 11.8. The van der Waals surface area contributed by atoms with Crippen molar-refractivity contribution >= 4 is 17.5 Å². The van der Waals surface area contributed by atoms with Crippen molar-refractivity contribution in [2.75, 3.05) is 0 Å². The Kier molecular flexibility index (Phi) is 3.79. The third-order valence-electron chi connectivity index (χ3n) is 2.42. The Morgan fingerprint density at radius 1 is 1.17 bits per heavy atom. The molecule has 2 rings (SSSR count). The van der Waals surface area contributed by atoms with E-state index in [1.807, 2.05) is 6.07 Å². The second kappa shape index (κ2) is 5.51. The Morgan fingerprint density at radius 3 is 2.56 bits per heavy atom. The van der Waals surface area contributed by atoms with Crippen molar-refractivity contribution in [1.82, 2.24) is 10.3 Å². The van der Waals surface area contributed by atoms with Crippen LogP contribution >= 0.6 is 11.6 Å². The molecular weight excluding hydrogens is 252 g/mol. The second-order valence-corrected chi connectivity index (χ2v) is 4.09. The van der Waals surface area contributed by atoms with Gasteiger partial charge in [-0.05, 0) is 24.3 Å². The molecule has 0 aliphatic carbocycles. The molecule has 0 radical (unpaired) electrons. The molecule has 92 valence electrons. The van der Waals surface area contributed by atoms with E-state index in [1.54, 1.807) is 36.4 Å². The van der Waals surface area contributed by atoms with E-state index in [-0.39, 0.29) is 11.5 Å². The van der Waals surface area contributed by atoms with E-state index in [4.69, 9.17) is 11.6 Å². The van der Waals surface area contributed by atoms with Gasteiger partial charge in [0.25, 0.3) is 11.5 Å². The molecule has 0 spiro atoms. The lowest BCUT2D eigenvalue weighted by atomic mass is 10.2. The van der Waals surface area contributed by atoms with Gasteiger partial charge in [0.1, 0.15) is 5.50 Å². The minimum atomic E-state index is -0.859. The van der Waals surface area contributed by atoms with Crippen molar-refractivity contribution in [3.63, 3.8) is 0 Å². The molecule has 0 fully saturated rings. The number of hydrogen-bond donors (Lipinski definition) is 2. The number of amides is 1. The van der Waals surface area contributed by atoms with Crippen LogP contribution in [-0.4, -0.2) is 10.9 Å². The molecule has 1 aromatic carbocycles. The van der Waals surface area contributed by atoms with Crippen molar-refractivity contribution in [3.8, 4) is 0 Å². The van der Waals surface area contributed by atoms with Gasteiger partial charge in [-0.2, -0.15) is 0 Å². The van der Waals surface area contributed by atoms with E-state index in [0.717, 1.165) is 0 Å². The number of benzene rings is 1. The van der Waals surface area contributed by atoms with Crippen molar-refractivity contribution in [2.45, 2.75) is 5.50 Å². The minimum absolute atomic E-state index is 0.309. The molecule has 1 aromatic heterocycles. The van der Waals surface area contributed by atoms with E-state index in [2.05, 4.69) is 10.3 Å². The highest BCUT2D eigenvalue weighted by molar-refractivity contribution is 6.21. The highest BCUT2D eigenvalue weighted by Gasteiger charge is 2.15. The molecule has 2 N–H and O–H groups in total. The summed E-state index contributed by atoms with van der Waals surface area (Å²) in [4.78, 5) is 25.8. The standard InChI is InChI=1S/C13H11ClN2O2/c14-11(10-7-4-8-15-13(10)18)16-12(17)9-5-2-1-3-6-9/h1-8,11H,(H,15,18)(H,16,17). The zero-order valence-corrected chi connectivity index (χ0v) is 10.1. The van der Waals surface area contributed by atoms with Crippen LogP contribution in [0.1, 0.15) is 21.4 Å². The molecule has 5 heteroatoms. The predicted molar refractivity (Wildman–Crippen MR) is 69.6 cm³/mol. The molecule has 1 atom stereocenters. The zero-order valence-electron chi connectivity index (χ0n) is 9.39. The van der Waals surface area contributed by atoms with Gasteiger partial charge in [0, 0.05) is 11.8 Å². The van der Waals surface area contributed by atoms with Crippen molar-refractivity contribution in [2.24, 2.45) is 0 Å². The van der Waals surface area contributed by atoms with E-state index in [9.17, 15) is 9.59 Å². The van der Waals surface area contributed by atoms with E-state index < -0.39 is 5.50 Å². The Morgan fingerprint density at radius 2 is 1.89 bits per heavy atom. The lowest BCUT2D eigenvalue weighted by molar-refractivity contribution is 0.0948. The number of H-pyrrole nitrogens is 1. The molecule has 0 saturated heterocycles. The largest absolute Gasteiger partial charge is 0.332 e. The number of nitrogens with one attached hydrogen (secondary N) is 2. The summed E-state index contributed by atoms with van der Waals surface area (Å²) in [6, 6.07) is 11.9. The quantitative estimate of drug-likeness (QED) is 0.657. The van der Waals surface area contributed by atoms with Crippen LogP contribution in [0.5, 0.6) is 0 Å². The summed E-state index contributed by atoms with van der Waals surface area (Å²) in [6.45, 7) is 0. The fourth-order valence-corrected chi connectivity index (χ4v) is 1.77. The number of carbonyl (C=O) groups is 1. The average Bonchev–Trinajstić information content (AvgIpc) is 2.40. The monoisotopic (exact) mass is 262 g/mol. The first kappa shape index (κ1) is 12.4. The van der Waals surface area contributed by atoms with Gasteiger partial charge >= 0.3 is 0 Å². The maximum absolute atomic E-state index is 11.8. The van der Waals surface area contributed by atoms with Crippen LogP contribution in [0.25, 0.3) is 0 Å². The molecule has 0 bridgehead atoms. The number of pyridine rings is 1. The van der Waals surface area contributed by atoms with Crippen LogP contribution < -0.4 is 10.9 Å². The zero-order chi connectivity index (χ0) is 13.0. The smallest absolute Gasteiger partial charge is 0.254 e. The van der Waals surface area contributed by atoms with Gasteiger partial charge in [-0.25, -0.2) is 0 Å². The lowest BCUT2D eigenvalue weighted by Crippen LogP contribution is -2.29. The summed E-state index contributed by atoms with van der Waals surface area (Å²) in [7, 11) is 0. The summed E-state index contributed by atoms with van der Waals surface area (Å²) < 4.78 is 0. The number of rotatable bonds is 3. The van der Waals surface area contributed by atoms with Gasteiger partial charge in [0.2, 0.25) is 0 Å². The Hall–Kier alpha value is -2.07. The molecule has 0 aliphatic rings. The molecule has 1 amide bonds. The van der Waals surface area contributed by atoms with Crippen LogP contribution in [0, 0.1) is 0 Å². The van der Waals surface area contributed by atoms with E-state index in [0.29, 0.717) is 11.1 Å². The third-order valence-corrected chi connectivity index (χ3v) is 2.76. The number of alkyl halides is 1. The van der Waals surface area contributed by atoms with E-state index >= 15 is 0 Å². The number of carbonyl (C=O) groups excluding carboxylic acids is 1. The van der Waals surface area contributed by atoms with Crippen LogP contribution in [0.2, 0.25) is 0 Å². The van der Waals surface area contributed by atoms with Gasteiger partial charge in [0.05, 0.1) is 5.56 Å². The number of halogens is 1. The van der Waals surface area contributed by atoms with Gasteiger partial charge in [-0.15, -0.1) is 0 Å². The maximum Gasteiger partial charge on any atom is 0.254 e. The molecule has 1 unspecified atom stereocenters. The summed E-state index contributed by atoms with van der Waals surface area (Å²) in [5.74, 6) is -0.321. The highest BCUT2D eigenvalue weighted by Crippen LogP contribution is 2.13. The van der Waals surface area contributed by atoms with Crippen molar-refractivity contribution in [3.05, 3.63) is 70.1 Å². The Bertz CT molecular complexity index is 595. The topological polar surface area (TPSA) is 62.0 Å². The van der Waals surface area contributed by atoms with Gasteiger partial charge < -0.3 is 10.3 Å². The second-order valence-electron chi connectivity index (χ2n) is 3.66. The van der Waals surface area contributed by atoms with Gasteiger partial charge in [-0.1, -0.05) is 29.8 Å². The summed E-state index contributed by atoms with van der Waals surface area (Å²) in [6.07, 6.45) is 1.51. The van der Waals surface area contributed by atoms with Crippen LogP contribution in [0.3, 0.4) is 0 Å². The Balaban J connectivity index is 2.13. The molecule has 0 aliphatic heterocycles.